The molecule has 5 heteroatoms. The molecule has 0 aliphatic carbocycles. The van der Waals surface area contributed by atoms with Gasteiger partial charge in [-0.1, -0.05) is 51.1 Å². The molecule has 1 atom stereocenters. The van der Waals surface area contributed by atoms with Crippen LogP contribution in [0.2, 0.25) is 0 Å². The molecule has 4 nitrogen and oxygen atoms in total. The first-order valence-corrected chi connectivity index (χ1v) is 10.6. The minimum absolute atomic E-state index is 0.0307. The van der Waals surface area contributed by atoms with Crippen molar-refractivity contribution in [2.24, 2.45) is 5.92 Å². The Balaban J connectivity index is 1.87. The lowest BCUT2D eigenvalue weighted by molar-refractivity contribution is -0.143. The summed E-state index contributed by atoms with van der Waals surface area (Å²) in [6.45, 7) is 7.30. The molecule has 1 aromatic heterocycles. The highest BCUT2D eigenvalue weighted by molar-refractivity contribution is 7.10. The Morgan fingerprint density at radius 2 is 1.96 bits per heavy atom. The van der Waals surface area contributed by atoms with Gasteiger partial charge in [0.05, 0.1) is 12.6 Å². The molecule has 0 saturated carbocycles. The third kappa shape index (κ3) is 4.24. The molecule has 27 heavy (non-hydrogen) atoms. The van der Waals surface area contributed by atoms with Gasteiger partial charge < -0.3 is 9.80 Å². The molecule has 0 N–H and O–H groups in total. The van der Waals surface area contributed by atoms with E-state index in [1.807, 2.05) is 43.9 Å². The summed E-state index contributed by atoms with van der Waals surface area (Å²) in [5.74, 6) is -0.0167. The monoisotopic (exact) mass is 384 g/mol. The molecule has 2 heterocycles. The summed E-state index contributed by atoms with van der Waals surface area (Å²) in [5, 5.41) is 2.11. The van der Waals surface area contributed by atoms with Crippen molar-refractivity contribution in [1.29, 1.82) is 0 Å². The zero-order valence-electron chi connectivity index (χ0n) is 16.4. The van der Waals surface area contributed by atoms with E-state index < -0.39 is 0 Å². The second-order valence-corrected chi connectivity index (χ2v) is 8.36. The topological polar surface area (TPSA) is 40.6 Å². The summed E-state index contributed by atoms with van der Waals surface area (Å²) >= 11 is 1.77. The van der Waals surface area contributed by atoms with E-state index in [1.165, 1.54) is 10.4 Å². The Kier molecular flexibility index (Phi) is 6.32. The van der Waals surface area contributed by atoms with Crippen molar-refractivity contribution in [3.63, 3.8) is 0 Å². The van der Waals surface area contributed by atoms with Crippen molar-refractivity contribution in [3.05, 3.63) is 57.8 Å². The number of carbonyl (C=O) groups is 2. The van der Waals surface area contributed by atoms with Crippen LogP contribution in [-0.4, -0.2) is 41.2 Å². The van der Waals surface area contributed by atoms with Crippen molar-refractivity contribution < 1.29 is 9.59 Å². The molecule has 3 rings (SSSR count). The van der Waals surface area contributed by atoms with Crippen LogP contribution in [0.15, 0.2) is 41.8 Å². The Morgan fingerprint density at radius 3 is 2.63 bits per heavy atom. The normalized spacial score (nSPS) is 16.3. The fraction of sp³-hybridized carbons (Fsp3) is 0.455. The van der Waals surface area contributed by atoms with Gasteiger partial charge in [-0.15, -0.1) is 11.3 Å². The van der Waals surface area contributed by atoms with Crippen LogP contribution < -0.4 is 0 Å². The predicted molar refractivity (Wildman–Crippen MR) is 110 cm³/mol. The van der Waals surface area contributed by atoms with E-state index in [4.69, 9.17) is 0 Å². The number of amides is 2. The molecule has 2 aromatic rings. The maximum Gasteiger partial charge on any atom is 0.242 e. The number of hydrogen-bond acceptors (Lipinski definition) is 3. The van der Waals surface area contributed by atoms with E-state index in [0.29, 0.717) is 13.1 Å². The molecule has 0 fully saturated rings. The van der Waals surface area contributed by atoms with Crippen molar-refractivity contribution in [1.82, 2.24) is 9.80 Å². The Labute approximate surface area is 165 Å². The zero-order chi connectivity index (χ0) is 19.4. The van der Waals surface area contributed by atoms with Gasteiger partial charge in [-0.25, -0.2) is 0 Å². The molecule has 0 bridgehead atoms. The molecule has 1 aliphatic heterocycles. The number of fused-ring (bicyclic) bond motifs is 1. The summed E-state index contributed by atoms with van der Waals surface area (Å²) in [7, 11) is 0. The first kappa shape index (κ1) is 19.6. The predicted octanol–water partition coefficient (Wildman–Crippen LogP) is 4.12. The van der Waals surface area contributed by atoms with Gasteiger partial charge in [-0.3, -0.25) is 9.59 Å². The number of benzene rings is 1. The minimum atomic E-state index is -0.0981. The third-order valence-electron chi connectivity index (χ3n) is 5.03. The van der Waals surface area contributed by atoms with Gasteiger partial charge in [0.1, 0.15) is 0 Å². The third-order valence-corrected chi connectivity index (χ3v) is 6.02. The molecule has 0 unspecified atom stereocenters. The van der Waals surface area contributed by atoms with Crippen LogP contribution in [-0.2, 0) is 16.0 Å². The van der Waals surface area contributed by atoms with Crippen LogP contribution in [0.5, 0.6) is 0 Å². The first-order chi connectivity index (χ1) is 13.0. The fourth-order valence-corrected chi connectivity index (χ4v) is 4.64. The number of nitrogens with zero attached hydrogens (tertiary/aromatic N) is 2. The second-order valence-electron chi connectivity index (χ2n) is 7.36. The van der Waals surface area contributed by atoms with Crippen LogP contribution in [0, 0.1) is 5.92 Å². The van der Waals surface area contributed by atoms with E-state index in [0.717, 1.165) is 18.4 Å². The molecule has 0 saturated heterocycles. The summed E-state index contributed by atoms with van der Waals surface area (Å²) in [6, 6.07) is 12.3. The molecule has 1 aliphatic rings. The molecular formula is C22H28N2O2S. The molecule has 1 aromatic carbocycles. The number of hydrogen-bond donors (Lipinski definition) is 0. The Morgan fingerprint density at radius 1 is 1.22 bits per heavy atom. The van der Waals surface area contributed by atoms with E-state index in [2.05, 4.69) is 23.6 Å². The largest absolute Gasteiger partial charge is 0.333 e. The SMILES string of the molecule is CCCN(CC(=O)N1CCc2sccc2[C@H]1c1ccccc1)C(=O)C(C)C. The summed E-state index contributed by atoms with van der Waals surface area (Å²) in [6.07, 6.45) is 1.73. The average Bonchev–Trinajstić information content (AvgIpc) is 3.15. The van der Waals surface area contributed by atoms with Crippen molar-refractivity contribution >= 4 is 23.2 Å². The molecule has 0 spiro atoms. The highest BCUT2D eigenvalue weighted by Crippen LogP contribution is 2.37. The molecular weight excluding hydrogens is 356 g/mol. The van der Waals surface area contributed by atoms with Gasteiger partial charge in [0.15, 0.2) is 0 Å². The smallest absolute Gasteiger partial charge is 0.242 e. The van der Waals surface area contributed by atoms with Crippen molar-refractivity contribution in [2.75, 3.05) is 19.6 Å². The van der Waals surface area contributed by atoms with Gasteiger partial charge in [-0.05, 0) is 35.4 Å². The fourth-order valence-electron chi connectivity index (χ4n) is 3.74. The average molecular weight is 385 g/mol. The Bertz CT molecular complexity index is 785. The van der Waals surface area contributed by atoms with E-state index in [-0.39, 0.29) is 30.3 Å². The number of rotatable bonds is 6. The Hall–Kier alpha value is -2.14. The first-order valence-electron chi connectivity index (χ1n) is 9.72. The summed E-state index contributed by atoms with van der Waals surface area (Å²) < 4.78 is 0. The van der Waals surface area contributed by atoms with E-state index >= 15 is 0 Å². The van der Waals surface area contributed by atoms with Gasteiger partial charge in [-0.2, -0.15) is 0 Å². The van der Waals surface area contributed by atoms with Crippen LogP contribution in [0.25, 0.3) is 0 Å². The van der Waals surface area contributed by atoms with E-state index in [1.54, 1.807) is 16.2 Å². The van der Waals surface area contributed by atoms with Crippen molar-refractivity contribution in [3.8, 4) is 0 Å². The van der Waals surface area contributed by atoms with Crippen LogP contribution >= 0.6 is 11.3 Å². The molecule has 0 radical (unpaired) electrons. The van der Waals surface area contributed by atoms with Gasteiger partial charge >= 0.3 is 0 Å². The maximum absolute atomic E-state index is 13.3. The lowest BCUT2D eigenvalue weighted by Gasteiger charge is -2.37. The molecule has 2 amide bonds. The summed E-state index contributed by atoms with van der Waals surface area (Å²) in [4.78, 5) is 30.8. The van der Waals surface area contributed by atoms with Crippen LogP contribution in [0.3, 0.4) is 0 Å². The van der Waals surface area contributed by atoms with E-state index in [9.17, 15) is 9.59 Å². The zero-order valence-corrected chi connectivity index (χ0v) is 17.2. The maximum atomic E-state index is 13.3. The standard InChI is InChI=1S/C22H28N2O2S/c1-4-12-23(22(26)16(2)3)15-20(25)24-13-10-19-18(11-14-27-19)21(24)17-8-6-5-7-9-17/h5-9,11,14,16,21H,4,10,12-13,15H2,1-3H3/t21-/m1/s1. The quantitative estimate of drug-likeness (QED) is 0.752. The van der Waals surface area contributed by atoms with Crippen LogP contribution in [0.4, 0.5) is 0 Å². The summed E-state index contributed by atoms with van der Waals surface area (Å²) in [5.41, 5.74) is 2.35. The highest BCUT2D eigenvalue weighted by atomic mass is 32.1. The molecule has 144 valence electrons. The lowest BCUT2D eigenvalue weighted by Crippen LogP contribution is -2.47. The van der Waals surface area contributed by atoms with Gasteiger partial charge in [0.2, 0.25) is 11.8 Å². The number of carbonyl (C=O) groups excluding carboxylic acids is 2. The van der Waals surface area contributed by atoms with Crippen molar-refractivity contribution in [2.45, 2.75) is 39.7 Å². The number of thiophene rings is 1. The highest BCUT2D eigenvalue weighted by Gasteiger charge is 2.33. The second kappa shape index (κ2) is 8.70. The minimum Gasteiger partial charge on any atom is -0.333 e. The van der Waals surface area contributed by atoms with Gasteiger partial charge in [0.25, 0.3) is 0 Å². The lowest BCUT2D eigenvalue weighted by atomic mass is 9.93. The van der Waals surface area contributed by atoms with Gasteiger partial charge in [0, 0.05) is 23.9 Å². The van der Waals surface area contributed by atoms with Crippen LogP contribution in [0.1, 0.15) is 49.2 Å².